The summed E-state index contributed by atoms with van der Waals surface area (Å²) in [5.74, 6) is 0.442. The Morgan fingerprint density at radius 3 is 2.85 bits per heavy atom. The molecule has 1 amide bonds. The Hall–Kier alpha value is -1.83. The molecule has 26 heavy (non-hydrogen) atoms. The van der Waals surface area contributed by atoms with Gasteiger partial charge in [0.05, 0.1) is 6.04 Å². The lowest BCUT2D eigenvalue weighted by Gasteiger charge is -2.23. The molecular formula is C18H26BrFN4O2. The molecule has 0 aliphatic carbocycles. The van der Waals surface area contributed by atoms with Crippen molar-refractivity contribution in [3.63, 3.8) is 0 Å². The number of aliphatic imine (C=N–C) groups is 1. The van der Waals surface area contributed by atoms with Crippen LogP contribution in [0, 0.1) is 5.82 Å². The SMILES string of the molecule is CN=C(NCc1cc(F)ccc1Br)N1CCC(NC(=O)OC(C)(C)C)C1. The molecule has 8 heteroatoms. The van der Waals surface area contributed by atoms with E-state index in [-0.39, 0.29) is 11.9 Å². The first kappa shape index (κ1) is 20.5. The lowest BCUT2D eigenvalue weighted by molar-refractivity contribution is 0.0507. The maximum Gasteiger partial charge on any atom is 0.407 e. The standard InChI is InChI=1S/C18H26BrFN4O2/c1-18(2,3)26-17(25)23-14-7-8-24(11-14)16(21-4)22-10-12-9-13(20)5-6-15(12)19/h5-6,9,14H,7-8,10-11H2,1-4H3,(H,21,22)(H,23,25). The number of nitrogens with one attached hydrogen (secondary N) is 2. The normalized spacial score (nSPS) is 18.0. The number of nitrogens with zero attached hydrogens (tertiary/aromatic N) is 2. The van der Waals surface area contributed by atoms with Crippen LogP contribution in [-0.2, 0) is 11.3 Å². The average Bonchev–Trinajstić information content (AvgIpc) is 2.97. The third-order valence-electron chi connectivity index (χ3n) is 3.87. The summed E-state index contributed by atoms with van der Waals surface area (Å²) in [7, 11) is 1.71. The largest absolute Gasteiger partial charge is 0.444 e. The number of alkyl carbamates (subject to hydrolysis) is 1. The Kier molecular flexibility index (Phi) is 6.86. The van der Waals surface area contributed by atoms with Crippen LogP contribution in [0.2, 0.25) is 0 Å². The van der Waals surface area contributed by atoms with E-state index in [0.717, 1.165) is 29.0 Å². The highest BCUT2D eigenvalue weighted by molar-refractivity contribution is 9.10. The van der Waals surface area contributed by atoms with E-state index in [1.54, 1.807) is 13.1 Å². The molecule has 144 valence electrons. The average molecular weight is 429 g/mol. The van der Waals surface area contributed by atoms with Gasteiger partial charge in [0.15, 0.2) is 5.96 Å². The van der Waals surface area contributed by atoms with Crippen molar-refractivity contribution >= 4 is 28.0 Å². The van der Waals surface area contributed by atoms with E-state index in [1.807, 2.05) is 20.8 Å². The smallest absolute Gasteiger partial charge is 0.407 e. The highest BCUT2D eigenvalue weighted by atomic mass is 79.9. The van der Waals surface area contributed by atoms with Crippen molar-refractivity contribution in [2.45, 2.75) is 45.4 Å². The minimum Gasteiger partial charge on any atom is -0.444 e. The lowest BCUT2D eigenvalue weighted by Crippen LogP contribution is -2.44. The van der Waals surface area contributed by atoms with E-state index in [4.69, 9.17) is 4.74 Å². The molecule has 1 unspecified atom stereocenters. The van der Waals surface area contributed by atoms with Gasteiger partial charge in [-0.15, -0.1) is 0 Å². The molecule has 6 nitrogen and oxygen atoms in total. The van der Waals surface area contributed by atoms with Crippen molar-refractivity contribution in [1.29, 1.82) is 0 Å². The molecule has 0 radical (unpaired) electrons. The maximum absolute atomic E-state index is 13.4. The Morgan fingerprint density at radius 1 is 1.46 bits per heavy atom. The van der Waals surface area contributed by atoms with Gasteiger partial charge in [-0.25, -0.2) is 9.18 Å². The number of amides is 1. The van der Waals surface area contributed by atoms with Crippen molar-refractivity contribution < 1.29 is 13.9 Å². The van der Waals surface area contributed by atoms with E-state index in [2.05, 4.69) is 36.5 Å². The zero-order valence-electron chi connectivity index (χ0n) is 15.6. The number of hydrogen-bond acceptors (Lipinski definition) is 3. The van der Waals surface area contributed by atoms with Crippen LogP contribution >= 0.6 is 15.9 Å². The van der Waals surface area contributed by atoms with Crippen LogP contribution in [0.15, 0.2) is 27.7 Å². The van der Waals surface area contributed by atoms with Crippen LogP contribution in [0.5, 0.6) is 0 Å². The Labute approximate surface area is 162 Å². The van der Waals surface area contributed by atoms with Crippen LogP contribution in [0.4, 0.5) is 9.18 Å². The number of carbonyl (C=O) groups is 1. The monoisotopic (exact) mass is 428 g/mol. The molecule has 1 aromatic carbocycles. The van der Waals surface area contributed by atoms with Gasteiger partial charge in [-0.2, -0.15) is 0 Å². The molecule has 0 saturated carbocycles. The summed E-state index contributed by atoms with van der Waals surface area (Å²) in [6, 6.07) is 4.59. The minimum absolute atomic E-state index is 0.00399. The molecule has 1 heterocycles. The highest BCUT2D eigenvalue weighted by Crippen LogP contribution is 2.18. The molecule has 1 aliphatic rings. The first-order valence-corrected chi connectivity index (χ1v) is 9.36. The number of guanidine groups is 1. The summed E-state index contributed by atoms with van der Waals surface area (Å²) >= 11 is 3.42. The van der Waals surface area contributed by atoms with Crippen molar-refractivity contribution in [2.75, 3.05) is 20.1 Å². The zero-order valence-corrected chi connectivity index (χ0v) is 17.2. The van der Waals surface area contributed by atoms with Gasteiger partial charge >= 0.3 is 6.09 Å². The molecule has 1 aliphatic heterocycles. The van der Waals surface area contributed by atoms with Gasteiger partial charge in [-0.3, -0.25) is 4.99 Å². The second kappa shape index (κ2) is 8.70. The third-order valence-corrected chi connectivity index (χ3v) is 4.64. The van der Waals surface area contributed by atoms with Crippen LogP contribution in [0.1, 0.15) is 32.8 Å². The van der Waals surface area contributed by atoms with E-state index in [0.29, 0.717) is 13.1 Å². The third kappa shape index (κ3) is 6.16. The van der Waals surface area contributed by atoms with Crippen molar-refractivity contribution in [3.05, 3.63) is 34.1 Å². The van der Waals surface area contributed by atoms with Gasteiger partial charge in [0.1, 0.15) is 11.4 Å². The Bertz CT molecular complexity index is 676. The maximum atomic E-state index is 13.4. The Morgan fingerprint density at radius 2 is 2.19 bits per heavy atom. The van der Waals surface area contributed by atoms with Crippen molar-refractivity contribution in [2.24, 2.45) is 4.99 Å². The predicted octanol–water partition coefficient (Wildman–Crippen LogP) is 3.26. The summed E-state index contributed by atoms with van der Waals surface area (Å²) in [6.07, 6.45) is 0.403. The van der Waals surface area contributed by atoms with Crippen LogP contribution in [-0.4, -0.2) is 48.7 Å². The van der Waals surface area contributed by atoms with E-state index in [1.165, 1.54) is 12.1 Å². The van der Waals surface area contributed by atoms with Crippen molar-refractivity contribution in [1.82, 2.24) is 15.5 Å². The fraction of sp³-hybridized carbons (Fsp3) is 0.556. The molecular weight excluding hydrogens is 403 g/mol. The number of likely N-dealkylation sites (tertiary alicyclic amines) is 1. The van der Waals surface area contributed by atoms with Gasteiger partial charge in [0, 0.05) is 31.2 Å². The number of carbonyl (C=O) groups excluding carboxylic acids is 1. The second-order valence-corrected chi connectivity index (χ2v) is 8.07. The van der Waals surface area contributed by atoms with Gasteiger partial charge in [-0.05, 0) is 51.0 Å². The number of ether oxygens (including phenoxy) is 1. The minimum atomic E-state index is -0.516. The summed E-state index contributed by atoms with van der Waals surface area (Å²) in [6.45, 7) is 7.37. The number of rotatable bonds is 3. The highest BCUT2D eigenvalue weighted by Gasteiger charge is 2.27. The molecule has 0 bridgehead atoms. The van der Waals surface area contributed by atoms with Crippen LogP contribution in [0.25, 0.3) is 0 Å². The van der Waals surface area contributed by atoms with Gasteiger partial charge in [0.25, 0.3) is 0 Å². The quantitative estimate of drug-likeness (QED) is 0.572. The van der Waals surface area contributed by atoms with Gasteiger partial charge in [0.2, 0.25) is 0 Å². The van der Waals surface area contributed by atoms with Crippen molar-refractivity contribution in [3.8, 4) is 0 Å². The first-order chi connectivity index (χ1) is 12.2. The molecule has 0 spiro atoms. The molecule has 1 saturated heterocycles. The molecule has 1 atom stereocenters. The summed E-state index contributed by atoms with van der Waals surface area (Å²) in [5, 5.41) is 6.14. The number of benzene rings is 1. The lowest BCUT2D eigenvalue weighted by atomic mass is 10.2. The van der Waals surface area contributed by atoms with Gasteiger partial charge < -0.3 is 20.3 Å². The fourth-order valence-corrected chi connectivity index (χ4v) is 3.12. The summed E-state index contributed by atoms with van der Waals surface area (Å²) < 4.78 is 19.5. The number of hydrogen-bond donors (Lipinski definition) is 2. The van der Waals surface area contributed by atoms with E-state index < -0.39 is 11.7 Å². The zero-order chi connectivity index (χ0) is 19.3. The number of halogens is 2. The van der Waals surface area contributed by atoms with E-state index >= 15 is 0 Å². The molecule has 2 N–H and O–H groups in total. The molecule has 1 fully saturated rings. The van der Waals surface area contributed by atoms with Gasteiger partial charge in [-0.1, -0.05) is 15.9 Å². The topological polar surface area (TPSA) is 66.0 Å². The first-order valence-electron chi connectivity index (χ1n) is 8.57. The van der Waals surface area contributed by atoms with Crippen LogP contribution in [0.3, 0.4) is 0 Å². The summed E-state index contributed by atoms with van der Waals surface area (Å²) in [5.41, 5.74) is 0.298. The van der Waals surface area contributed by atoms with Crippen LogP contribution < -0.4 is 10.6 Å². The summed E-state index contributed by atoms with van der Waals surface area (Å²) in [4.78, 5) is 18.3. The molecule has 2 rings (SSSR count). The fourth-order valence-electron chi connectivity index (χ4n) is 2.73. The van der Waals surface area contributed by atoms with E-state index in [9.17, 15) is 9.18 Å². The second-order valence-electron chi connectivity index (χ2n) is 7.21. The molecule has 1 aromatic rings. The Balaban J connectivity index is 1.87. The molecule has 0 aromatic heterocycles. The predicted molar refractivity (Wildman–Crippen MR) is 104 cm³/mol.